The van der Waals surface area contributed by atoms with Crippen molar-refractivity contribution in [1.29, 1.82) is 0 Å². The molecule has 8 heteroatoms. The predicted molar refractivity (Wildman–Crippen MR) is 99.0 cm³/mol. The lowest BCUT2D eigenvalue weighted by Gasteiger charge is -2.21. The first-order chi connectivity index (χ1) is 13.0. The summed E-state index contributed by atoms with van der Waals surface area (Å²) in [5.41, 5.74) is -0.105. The zero-order valence-corrected chi connectivity index (χ0v) is 17.1. The molecular formula is C20H30O8. The van der Waals surface area contributed by atoms with Crippen molar-refractivity contribution in [3.63, 3.8) is 0 Å². The van der Waals surface area contributed by atoms with Gasteiger partial charge in [0.25, 0.3) is 0 Å². The van der Waals surface area contributed by atoms with Crippen LogP contribution in [-0.2, 0) is 38.1 Å². The lowest BCUT2D eigenvalue weighted by molar-refractivity contribution is -0.160. The van der Waals surface area contributed by atoms with Crippen molar-refractivity contribution in [1.82, 2.24) is 0 Å². The molecule has 0 bridgehead atoms. The third kappa shape index (κ3) is 8.10. The molecule has 2 aliphatic heterocycles. The highest BCUT2D eigenvalue weighted by molar-refractivity contribution is 5.87. The first-order valence-electron chi connectivity index (χ1n) is 9.44. The monoisotopic (exact) mass is 398 g/mol. The van der Waals surface area contributed by atoms with Gasteiger partial charge in [0.2, 0.25) is 0 Å². The number of hydrogen-bond donors (Lipinski definition) is 0. The van der Waals surface area contributed by atoms with E-state index >= 15 is 0 Å². The van der Waals surface area contributed by atoms with Gasteiger partial charge in [0, 0.05) is 18.4 Å². The van der Waals surface area contributed by atoms with Gasteiger partial charge in [-0.1, -0.05) is 13.5 Å². The van der Waals surface area contributed by atoms with E-state index in [1.165, 1.54) is 0 Å². The molecule has 158 valence electrons. The fourth-order valence-corrected chi connectivity index (χ4v) is 2.20. The summed E-state index contributed by atoms with van der Waals surface area (Å²) in [6, 6.07) is 0. The van der Waals surface area contributed by atoms with E-state index in [-0.39, 0.29) is 43.3 Å². The highest BCUT2D eigenvalue weighted by atomic mass is 16.6. The van der Waals surface area contributed by atoms with Crippen LogP contribution in [0.25, 0.3) is 0 Å². The van der Waals surface area contributed by atoms with Crippen molar-refractivity contribution in [2.24, 2.45) is 5.41 Å². The highest BCUT2D eigenvalue weighted by Crippen LogP contribution is 2.22. The van der Waals surface area contributed by atoms with Crippen molar-refractivity contribution in [3.8, 4) is 0 Å². The number of hydrogen-bond acceptors (Lipinski definition) is 8. The number of esters is 4. The molecule has 28 heavy (non-hydrogen) atoms. The average Bonchev–Trinajstić information content (AvgIpc) is 3.25. The maximum absolute atomic E-state index is 11.6. The number of ether oxygens (including phenoxy) is 4. The van der Waals surface area contributed by atoms with E-state index in [0.717, 1.165) is 6.42 Å². The highest BCUT2D eigenvalue weighted by Gasteiger charge is 2.30. The summed E-state index contributed by atoms with van der Waals surface area (Å²) in [5, 5.41) is 0. The second kappa shape index (κ2) is 10.8. The summed E-state index contributed by atoms with van der Waals surface area (Å²) >= 11 is 0. The van der Waals surface area contributed by atoms with Crippen LogP contribution in [0.15, 0.2) is 12.2 Å². The molecule has 0 aromatic heterocycles. The lowest BCUT2D eigenvalue weighted by atomic mass is 9.91. The predicted octanol–water partition coefficient (Wildman–Crippen LogP) is 2.48. The Morgan fingerprint density at radius 1 is 1.04 bits per heavy atom. The smallest absolute Gasteiger partial charge is 0.333 e. The summed E-state index contributed by atoms with van der Waals surface area (Å²) in [6.45, 7) is 11.0. The van der Waals surface area contributed by atoms with Crippen LogP contribution in [0.2, 0.25) is 0 Å². The summed E-state index contributed by atoms with van der Waals surface area (Å²) in [6.07, 6.45) is 2.34. The van der Waals surface area contributed by atoms with E-state index in [0.29, 0.717) is 31.3 Å². The van der Waals surface area contributed by atoms with Crippen LogP contribution in [0, 0.1) is 5.41 Å². The second-order valence-corrected chi connectivity index (χ2v) is 7.52. The zero-order valence-electron chi connectivity index (χ0n) is 17.1. The van der Waals surface area contributed by atoms with Gasteiger partial charge in [-0.2, -0.15) is 0 Å². The quantitative estimate of drug-likeness (QED) is 0.366. The summed E-state index contributed by atoms with van der Waals surface area (Å²) in [4.78, 5) is 43.9. The summed E-state index contributed by atoms with van der Waals surface area (Å²) < 4.78 is 19.7. The molecule has 2 unspecified atom stereocenters. The van der Waals surface area contributed by atoms with Crippen LogP contribution >= 0.6 is 0 Å². The van der Waals surface area contributed by atoms with E-state index in [4.69, 9.17) is 18.9 Å². The molecule has 2 saturated heterocycles. The largest absolute Gasteiger partial charge is 0.461 e. The van der Waals surface area contributed by atoms with Gasteiger partial charge in [0.1, 0.15) is 25.4 Å². The molecule has 0 saturated carbocycles. The SMILES string of the molecule is C=C(C)C(=O)OCC1CCC(=O)O1.CCC(C)(C)C(=O)OCC1CCC(=O)O1. The fraction of sp³-hybridized carbons (Fsp3) is 0.700. The molecule has 0 aromatic rings. The first kappa shape index (κ1) is 23.7. The molecule has 0 aliphatic carbocycles. The minimum atomic E-state index is -0.456. The Balaban J connectivity index is 0.000000283. The topological polar surface area (TPSA) is 105 Å². The second-order valence-electron chi connectivity index (χ2n) is 7.52. The maximum atomic E-state index is 11.6. The molecule has 0 aromatic carbocycles. The average molecular weight is 398 g/mol. The fourth-order valence-electron chi connectivity index (χ4n) is 2.20. The Morgan fingerprint density at radius 3 is 1.86 bits per heavy atom. The van der Waals surface area contributed by atoms with Gasteiger partial charge in [-0.25, -0.2) is 4.79 Å². The Hall–Kier alpha value is -2.38. The van der Waals surface area contributed by atoms with Crippen molar-refractivity contribution >= 4 is 23.9 Å². The van der Waals surface area contributed by atoms with Gasteiger partial charge in [0.05, 0.1) is 5.41 Å². The van der Waals surface area contributed by atoms with Gasteiger partial charge in [-0.15, -0.1) is 0 Å². The zero-order chi connectivity index (χ0) is 21.3. The molecule has 0 radical (unpaired) electrons. The third-order valence-electron chi connectivity index (χ3n) is 4.52. The Kier molecular flexibility index (Phi) is 9.15. The molecule has 2 atom stereocenters. The van der Waals surface area contributed by atoms with Crippen LogP contribution in [-0.4, -0.2) is 49.3 Å². The molecule has 2 aliphatic rings. The summed E-state index contributed by atoms with van der Waals surface area (Å²) in [5.74, 6) is -1.10. The van der Waals surface area contributed by atoms with Gasteiger partial charge in [-0.05, 0) is 40.0 Å². The minimum absolute atomic E-state index is 0.136. The minimum Gasteiger partial charge on any atom is -0.461 e. The van der Waals surface area contributed by atoms with Crippen LogP contribution in [0.5, 0.6) is 0 Å². The van der Waals surface area contributed by atoms with E-state index in [2.05, 4.69) is 6.58 Å². The molecule has 0 amide bonds. The lowest BCUT2D eigenvalue weighted by Crippen LogP contribution is -2.29. The number of carbonyl (C=O) groups excluding carboxylic acids is 4. The Bertz CT molecular complexity index is 607. The molecule has 2 fully saturated rings. The molecule has 0 spiro atoms. The van der Waals surface area contributed by atoms with Crippen molar-refractivity contribution in [3.05, 3.63) is 12.2 Å². The van der Waals surface area contributed by atoms with E-state index in [1.807, 2.05) is 20.8 Å². The van der Waals surface area contributed by atoms with Crippen molar-refractivity contribution in [2.75, 3.05) is 13.2 Å². The van der Waals surface area contributed by atoms with Gasteiger partial charge in [-0.3, -0.25) is 14.4 Å². The van der Waals surface area contributed by atoms with Crippen molar-refractivity contribution in [2.45, 2.75) is 72.0 Å². The number of carbonyl (C=O) groups is 4. The standard InChI is InChI=1S/C11H18O4.C9H12O4/c1-4-11(2,3)10(13)14-7-8-5-6-9(12)15-8;1-6(2)9(11)12-5-7-3-4-8(10)13-7/h8H,4-7H2,1-3H3;7H,1,3-5H2,2H3. The van der Waals surface area contributed by atoms with E-state index in [9.17, 15) is 19.2 Å². The summed E-state index contributed by atoms with van der Waals surface area (Å²) in [7, 11) is 0. The van der Waals surface area contributed by atoms with E-state index in [1.54, 1.807) is 6.92 Å². The first-order valence-corrected chi connectivity index (χ1v) is 9.44. The van der Waals surface area contributed by atoms with Crippen LogP contribution in [0.4, 0.5) is 0 Å². The maximum Gasteiger partial charge on any atom is 0.333 e. The molecular weight excluding hydrogens is 368 g/mol. The Morgan fingerprint density at radius 2 is 1.50 bits per heavy atom. The van der Waals surface area contributed by atoms with Gasteiger partial charge >= 0.3 is 23.9 Å². The van der Waals surface area contributed by atoms with Gasteiger partial charge < -0.3 is 18.9 Å². The third-order valence-corrected chi connectivity index (χ3v) is 4.52. The Labute approximate surface area is 165 Å². The number of cyclic esters (lactones) is 2. The molecule has 8 nitrogen and oxygen atoms in total. The van der Waals surface area contributed by atoms with E-state index < -0.39 is 11.4 Å². The molecule has 2 heterocycles. The normalized spacial score (nSPS) is 21.1. The van der Waals surface area contributed by atoms with Crippen molar-refractivity contribution < 1.29 is 38.1 Å². The van der Waals surface area contributed by atoms with Crippen LogP contribution in [0.3, 0.4) is 0 Å². The van der Waals surface area contributed by atoms with Crippen LogP contribution in [0.1, 0.15) is 59.8 Å². The number of rotatable bonds is 7. The van der Waals surface area contributed by atoms with Gasteiger partial charge in [0.15, 0.2) is 0 Å². The van der Waals surface area contributed by atoms with Crippen LogP contribution < -0.4 is 0 Å². The molecule has 0 N–H and O–H groups in total. The molecule has 2 rings (SSSR count).